The summed E-state index contributed by atoms with van der Waals surface area (Å²) in [5.41, 5.74) is 0.969. The van der Waals surface area contributed by atoms with Crippen LogP contribution in [-0.4, -0.2) is 35.2 Å². The Bertz CT molecular complexity index is 477. The topological polar surface area (TPSA) is 48.2 Å². The first-order chi connectivity index (χ1) is 8.20. The van der Waals surface area contributed by atoms with Gasteiger partial charge in [-0.15, -0.1) is 12.4 Å². The lowest BCUT2D eigenvalue weighted by molar-refractivity contribution is 0.321. The van der Waals surface area contributed by atoms with Gasteiger partial charge in [0.2, 0.25) is 0 Å². The van der Waals surface area contributed by atoms with E-state index >= 15 is 0 Å². The van der Waals surface area contributed by atoms with Crippen LogP contribution in [0.1, 0.15) is 5.56 Å². The smallest absolute Gasteiger partial charge is 0.146 e. The Morgan fingerprint density at radius 2 is 2.22 bits per heavy atom. The summed E-state index contributed by atoms with van der Waals surface area (Å²) >= 11 is 11.9. The Kier molecular flexibility index (Phi) is 5.72. The molecule has 1 aliphatic heterocycles. The molecule has 7 heteroatoms. The highest BCUT2D eigenvalue weighted by Gasteiger charge is 2.16. The molecule has 0 bridgehead atoms. The Balaban J connectivity index is 0.00000162. The second-order valence-electron chi connectivity index (χ2n) is 3.64. The van der Waals surface area contributed by atoms with E-state index in [2.05, 4.69) is 10.1 Å². The van der Waals surface area contributed by atoms with E-state index in [1.54, 1.807) is 12.1 Å². The van der Waals surface area contributed by atoms with Crippen molar-refractivity contribution in [3.05, 3.63) is 33.8 Å². The molecule has 1 aromatic carbocycles. The number of amidine groups is 1. The van der Waals surface area contributed by atoms with Gasteiger partial charge in [-0.25, -0.2) is 0 Å². The molecule has 4 nitrogen and oxygen atoms in total. The van der Waals surface area contributed by atoms with Crippen molar-refractivity contribution >= 4 is 47.7 Å². The van der Waals surface area contributed by atoms with Gasteiger partial charge < -0.3 is 10.1 Å². The summed E-state index contributed by atoms with van der Waals surface area (Å²) in [5.74, 6) is 0.665. The molecule has 2 rings (SSSR count). The molecule has 0 saturated carbocycles. The number of benzene rings is 1. The minimum atomic E-state index is 0. The minimum Gasteiger partial charge on any atom is -0.411 e. The maximum absolute atomic E-state index is 8.52. The molecule has 0 unspecified atom stereocenters. The highest BCUT2D eigenvalue weighted by molar-refractivity contribution is 6.35. The largest absolute Gasteiger partial charge is 0.411 e. The van der Waals surface area contributed by atoms with Crippen LogP contribution in [0.25, 0.3) is 0 Å². The summed E-state index contributed by atoms with van der Waals surface area (Å²) < 4.78 is 0. The molecule has 1 aromatic rings. The van der Waals surface area contributed by atoms with Crippen molar-refractivity contribution in [2.75, 3.05) is 13.1 Å². The van der Waals surface area contributed by atoms with Crippen molar-refractivity contribution in [3.8, 4) is 0 Å². The Hall–Kier alpha value is -0.970. The Labute approximate surface area is 121 Å². The number of rotatable bonds is 3. The Morgan fingerprint density at radius 1 is 1.44 bits per heavy atom. The first kappa shape index (κ1) is 15.1. The molecule has 0 aliphatic carbocycles. The minimum absolute atomic E-state index is 0. The molecular weight excluding hydrogens is 296 g/mol. The van der Waals surface area contributed by atoms with Gasteiger partial charge in [0.15, 0.2) is 0 Å². The van der Waals surface area contributed by atoms with E-state index in [9.17, 15) is 0 Å². The zero-order valence-electron chi connectivity index (χ0n) is 9.38. The second-order valence-corrected chi connectivity index (χ2v) is 4.49. The van der Waals surface area contributed by atoms with Crippen LogP contribution in [-0.2, 0) is 6.54 Å². The van der Waals surface area contributed by atoms with Gasteiger partial charge in [0.25, 0.3) is 0 Å². The molecule has 1 aliphatic rings. The van der Waals surface area contributed by atoms with E-state index in [0.717, 1.165) is 12.1 Å². The van der Waals surface area contributed by atoms with E-state index in [-0.39, 0.29) is 12.4 Å². The van der Waals surface area contributed by atoms with Gasteiger partial charge in [0.1, 0.15) is 12.1 Å². The number of hydrogen-bond donors (Lipinski definition) is 1. The Morgan fingerprint density at radius 3 is 2.89 bits per heavy atom. The van der Waals surface area contributed by atoms with Crippen LogP contribution >= 0.6 is 35.6 Å². The van der Waals surface area contributed by atoms with E-state index in [4.69, 9.17) is 28.4 Å². The molecule has 0 aromatic heterocycles. The summed E-state index contributed by atoms with van der Waals surface area (Å²) in [6.07, 6.45) is 1.33. The van der Waals surface area contributed by atoms with Crippen LogP contribution in [0.15, 0.2) is 28.3 Å². The van der Waals surface area contributed by atoms with Gasteiger partial charge in [-0.2, -0.15) is 0 Å². The SMILES string of the molecule is Cl.O/N=C\C1=NCCN1Cc1ccc(Cl)cc1Cl. The standard InChI is InChI=1S/C11H11Cl2N3O.ClH/c12-9-2-1-8(10(13)5-9)7-16-4-3-14-11(16)6-15-17;/h1-2,5-6,17H,3-4,7H2;1H/b15-6-;. The molecular formula is C11H12Cl3N3O. The highest BCUT2D eigenvalue weighted by atomic mass is 35.5. The molecule has 0 saturated heterocycles. The predicted molar refractivity (Wildman–Crippen MR) is 76.7 cm³/mol. The maximum Gasteiger partial charge on any atom is 0.146 e. The third kappa shape index (κ3) is 3.51. The van der Waals surface area contributed by atoms with Crippen LogP contribution in [0, 0.1) is 0 Å². The third-order valence-corrected chi connectivity index (χ3v) is 3.10. The lowest BCUT2D eigenvalue weighted by atomic mass is 10.2. The summed E-state index contributed by atoms with van der Waals surface area (Å²) in [6, 6.07) is 5.40. The molecule has 0 fully saturated rings. The summed E-state index contributed by atoms with van der Waals surface area (Å²) in [6.45, 7) is 2.12. The molecule has 1 N–H and O–H groups in total. The lowest BCUT2D eigenvalue weighted by Crippen LogP contribution is -2.28. The van der Waals surface area contributed by atoms with Gasteiger partial charge in [-0.05, 0) is 17.7 Å². The van der Waals surface area contributed by atoms with Crippen molar-refractivity contribution in [3.63, 3.8) is 0 Å². The quantitative estimate of drug-likeness (QED) is 0.530. The summed E-state index contributed by atoms with van der Waals surface area (Å²) in [7, 11) is 0. The van der Waals surface area contributed by atoms with Crippen molar-refractivity contribution in [2.45, 2.75) is 6.54 Å². The molecule has 98 valence electrons. The van der Waals surface area contributed by atoms with Crippen molar-refractivity contribution in [2.24, 2.45) is 10.1 Å². The van der Waals surface area contributed by atoms with E-state index < -0.39 is 0 Å². The van der Waals surface area contributed by atoms with Gasteiger partial charge >= 0.3 is 0 Å². The predicted octanol–water partition coefficient (Wildman–Crippen LogP) is 3.09. The molecule has 18 heavy (non-hydrogen) atoms. The van der Waals surface area contributed by atoms with Gasteiger partial charge in [0, 0.05) is 23.1 Å². The number of nitrogens with zero attached hydrogens (tertiary/aromatic N) is 3. The average Bonchev–Trinajstić information content (AvgIpc) is 2.71. The van der Waals surface area contributed by atoms with Crippen molar-refractivity contribution < 1.29 is 5.21 Å². The maximum atomic E-state index is 8.52. The number of halogens is 3. The van der Waals surface area contributed by atoms with E-state index in [0.29, 0.717) is 29.0 Å². The van der Waals surface area contributed by atoms with E-state index in [1.807, 2.05) is 11.0 Å². The monoisotopic (exact) mass is 307 g/mol. The fourth-order valence-corrected chi connectivity index (χ4v) is 2.16. The molecule has 1 heterocycles. The van der Waals surface area contributed by atoms with Crippen LogP contribution in [0.2, 0.25) is 10.0 Å². The van der Waals surface area contributed by atoms with Crippen LogP contribution in [0.5, 0.6) is 0 Å². The number of aliphatic imine (C=N–C) groups is 1. The van der Waals surface area contributed by atoms with Crippen molar-refractivity contribution in [1.82, 2.24) is 4.90 Å². The highest BCUT2D eigenvalue weighted by Crippen LogP contribution is 2.22. The molecule has 0 amide bonds. The van der Waals surface area contributed by atoms with Crippen LogP contribution in [0.3, 0.4) is 0 Å². The first-order valence-corrected chi connectivity index (χ1v) is 5.87. The van der Waals surface area contributed by atoms with E-state index in [1.165, 1.54) is 6.21 Å². The van der Waals surface area contributed by atoms with Gasteiger partial charge in [-0.3, -0.25) is 4.99 Å². The molecule has 0 radical (unpaired) electrons. The fourth-order valence-electron chi connectivity index (χ4n) is 1.69. The van der Waals surface area contributed by atoms with Crippen LogP contribution in [0.4, 0.5) is 0 Å². The fraction of sp³-hybridized carbons (Fsp3) is 0.273. The van der Waals surface area contributed by atoms with Crippen molar-refractivity contribution in [1.29, 1.82) is 0 Å². The summed E-state index contributed by atoms with van der Waals surface area (Å²) in [5, 5.41) is 12.8. The number of oxime groups is 1. The third-order valence-electron chi connectivity index (χ3n) is 2.52. The van der Waals surface area contributed by atoms with Crippen LogP contribution < -0.4 is 0 Å². The summed E-state index contributed by atoms with van der Waals surface area (Å²) in [4.78, 5) is 6.21. The average molecular weight is 309 g/mol. The first-order valence-electron chi connectivity index (χ1n) is 5.11. The normalized spacial score (nSPS) is 14.8. The zero-order valence-corrected chi connectivity index (χ0v) is 11.7. The zero-order chi connectivity index (χ0) is 12.3. The molecule has 0 spiro atoms. The lowest BCUT2D eigenvalue weighted by Gasteiger charge is -2.18. The molecule has 0 atom stereocenters. The van der Waals surface area contributed by atoms with Gasteiger partial charge in [-0.1, -0.05) is 34.4 Å². The van der Waals surface area contributed by atoms with Gasteiger partial charge in [0.05, 0.1) is 6.54 Å². The number of hydrogen-bond acceptors (Lipinski definition) is 4. The second kappa shape index (κ2) is 6.83.